The van der Waals surface area contributed by atoms with E-state index in [0.717, 1.165) is 25.0 Å². The van der Waals surface area contributed by atoms with Crippen LogP contribution in [0.1, 0.15) is 50.3 Å². The van der Waals surface area contributed by atoms with E-state index in [1.54, 1.807) is 4.68 Å². The van der Waals surface area contributed by atoms with Gasteiger partial charge in [0.05, 0.1) is 23.2 Å². The van der Waals surface area contributed by atoms with E-state index < -0.39 is 9.84 Å². The van der Waals surface area contributed by atoms with Gasteiger partial charge in [0.2, 0.25) is 5.91 Å². The molecule has 4 rings (SSSR count). The Morgan fingerprint density at radius 1 is 1.36 bits per heavy atom. The van der Waals surface area contributed by atoms with Crippen molar-refractivity contribution in [2.75, 3.05) is 16.8 Å². The first-order valence-electron chi connectivity index (χ1n) is 8.04. The predicted molar refractivity (Wildman–Crippen MR) is 82.4 cm³/mol. The lowest BCUT2D eigenvalue weighted by Crippen LogP contribution is -2.20. The van der Waals surface area contributed by atoms with Crippen molar-refractivity contribution in [3.63, 3.8) is 0 Å². The molecule has 0 bridgehead atoms. The van der Waals surface area contributed by atoms with E-state index in [9.17, 15) is 13.2 Å². The molecule has 3 fully saturated rings. The minimum absolute atomic E-state index is 0.0388. The molecule has 2 heterocycles. The first-order valence-corrected chi connectivity index (χ1v) is 9.86. The van der Waals surface area contributed by atoms with Crippen LogP contribution in [0.15, 0.2) is 6.07 Å². The Bertz CT molecular complexity index is 720. The van der Waals surface area contributed by atoms with Crippen LogP contribution in [-0.2, 0) is 14.6 Å². The average Bonchev–Trinajstić information content (AvgIpc) is 3.34. The summed E-state index contributed by atoms with van der Waals surface area (Å²) in [6.45, 7) is 2.07. The molecule has 6 nitrogen and oxygen atoms in total. The van der Waals surface area contributed by atoms with Crippen molar-refractivity contribution >= 4 is 21.6 Å². The van der Waals surface area contributed by atoms with Crippen molar-refractivity contribution in [3.05, 3.63) is 11.8 Å². The highest BCUT2D eigenvalue weighted by molar-refractivity contribution is 7.91. The van der Waals surface area contributed by atoms with Crippen molar-refractivity contribution in [1.29, 1.82) is 0 Å². The number of anilines is 1. The standard InChI is InChI=1S/C15H21N3O3S/c1-9-6-12(9)15(19)16-14-7-13(10-2-3-10)17-18(14)11-4-5-22(20,21)8-11/h7,9-12H,2-6,8H2,1H3,(H,16,19)/t9-,11+,12+/m1/s1. The van der Waals surface area contributed by atoms with Crippen LogP contribution in [0.5, 0.6) is 0 Å². The molecule has 22 heavy (non-hydrogen) atoms. The number of sulfone groups is 1. The Morgan fingerprint density at radius 2 is 2.09 bits per heavy atom. The van der Waals surface area contributed by atoms with E-state index in [2.05, 4.69) is 17.3 Å². The van der Waals surface area contributed by atoms with E-state index in [-0.39, 0.29) is 29.4 Å². The van der Waals surface area contributed by atoms with Gasteiger partial charge >= 0.3 is 0 Å². The van der Waals surface area contributed by atoms with E-state index in [1.807, 2.05) is 6.07 Å². The molecule has 120 valence electrons. The molecule has 1 saturated heterocycles. The fourth-order valence-corrected chi connectivity index (χ4v) is 4.93. The molecule has 7 heteroatoms. The SMILES string of the molecule is C[C@@H]1C[C@@H]1C(=O)Nc1cc(C2CC2)nn1[C@H]1CCS(=O)(=O)C1. The molecular weight excluding hydrogens is 302 g/mol. The summed E-state index contributed by atoms with van der Waals surface area (Å²) in [6.07, 6.45) is 3.78. The summed E-state index contributed by atoms with van der Waals surface area (Å²) in [7, 11) is -2.97. The summed E-state index contributed by atoms with van der Waals surface area (Å²) in [6, 6.07) is 1.79. The molecule has 0 unspecified atom stereocenters. The number of carbonyl (C=O) groups excluding carboxylic acids is 1. The van der Waals surface area contributed by atoms with E-state index >= 15 is 0 Å². The fourth-order valence-electron chi connectivity index (χ4n) is 3.24. The Kier molecular flexibility index (Phi) is 3.11. The van der Waals surface area contributed by atoms with E-state index in [0.29, 0.717) is 24.1 Å². The second kappa shape index (κ2) is 4.81. The van der Waals surface area contributed by atoms with Crippen molar-refractivity contribution in [2.24, 2.45) is 11.8 Å². The fraction of sp³-hybridized carbons (Fsp3) is 0.733. The number of hydrogen-bond donors (Lipinski definition) is 1. The van der Waals surface area contributed by atoms with Gasteiger partial charge < -0.3 is 5.32 Å². The lowest BCUT2D eigenvalue weighted by Gasteiger charge is -2.13. The van der Waals surface area contributed by atoms with Crippen LogP contribution in [0.3, 0.4) is 0 Å². The van der Waals surface area contributed by atoms with E-state index in [1.165, 1.54) is 0 Å². The molecule has 0 spiro atoms. The van der Waals surface area contributed by atoms with Gasteiger partial charge in [-0.05, 0) is 31.6 Å². The maximum absolute atomic E-state index is 12.2. The molecule has 0 radical (unpaired) electrons. The van der Waals surface area contributed by atoms with Gasteiger partial charge in [0.25, 0.3) is 0 Å². The molecule has 1 amide bonds. The lowest BCUT2D eigenvalue weighted by molar-refractivity contribution is -0.117. The third kappa shape index (κ3) is 2.66. The number of rotatable bonds is 4. The lowest BCUT2D eigenvalue weighted by atomic mass is 10.2. The third-order valence-corrected chi connectivity index (χ3v) is 6.75. The summed E-state index contributed by atoms with van der Waals surface area (Å²) in [5.41, 5.74) is 0.989. The average molecular weight is 323 g/mol. The Labute approximate surface area is 130 Å². The molecule has 1 aromatic heterocycles. The molecule has 2 saturated carbocycles. The Morgan fingerprint density at radius 3 is 2.64 bits per heavy atom. The van der Waals surface area contributed by atoms with Crippen LogP contribution in [0, 0.1) is 11.8 Å². The molecule has 1 N–H and O–H groups in total. The van der Waals surface area contributed by atoms with Gasteiger partial charge in [0, 0.05) is 17.9 Å². The minimum atomic E-state index is -2.97. The van der Waals surface area contributed by atoms with Crippen molar-refractivity contribution in [3.8, 4) is 0 Å². The zero-order chi connectivity index (χ0) is 15.5. The van der Waals surface area contributed by atoms with Gasteiger partial charge in [0.1, 0.15) is 5.82 Å². The molecule has 3 atom stereocenters. The zero-order valence-electron chi connectivity index (χ0n) is 12.7. The predicted octanol–water partition coefficient (Wildman–Crippen LogP) is 1.71. The van der Waals surface area contributed by atoms with Crippen LogP contribution < -0.4 is 5.32 Å². The number of nitrogens with one attached hydrogen (secondary N) is 1. The van der Waals surface area contributed by atoms with Crippen molar-refractivity contribution < 1.29 is 13.2 Å². The van der Waals surface area contributed by atoms with Gasteiger partial charge in [-0.15, -0.1) is 0 Å². The zero-order valence-corrected chi connectivity index (χ0v) is 13.5. The Balaban J connectivity index is 1.59. The van der Waals surface area contributed by atoms with E-state index in [4.69, 9.17) is 0 Å². The number of nitrogens with zero attached hydrogens (tertiary/aromatic N) is 2. The first-order chi connectivity index (χ1) is 10.4. The second-order valence-electron chi connectivity index (χ2n) is 7.04. The monoisotopic (exact) mass is 323 g/mol. The highest BCUT2D eigenvalue weighted by atomic mass is 32.2. The summed E-state index contributed by atoms with van der Waals surface area (Å²) >= 11 is 0. The highest BCUT2D eigenvalue weighted by Gasteiger charge is 2.40. The van der Waals surface area contributed by atoms with Crippen LogP contribution >= 0.6 is 0 Å². The second-order valence-corrected chi connectivity index (χ2v) is 9.27. The summed E-state index contributed by atoms with van der Waals surface area (Å²) in [5, 5.41) is 7.59. The van der Waals surface area contributed by atoms with Gasteiger partial charge in [-0.2, -0.15) is 5.10 Å². The molecule has 3 aliphatic rings. The topological polar surface area (TPSA) is 81.1 Å². The molecule has 2 aliphatic carbocycles. The first kappa shape index (κ1) is 14.2. The number of aromatic nitrogens is 2. The van der Waals surface area contributed by atoms with Gasteiger partial charge in [-0.3, -0.25) is 4.79 Å². The summed E-state index contributed by atoms with van der Waals surface area (Å²) < 4.78 is 25.2. The van der Waals surface area contributed by atoms with Crippen molar-refractivity contribution in [1.82, 2.24) is 9.78 Å². The number of amides is 1. The summed E-state index contributed by atoms with van der Waals surface area (Å²) in [4.78, 5) is 12.2. The largest absolute Gasteiger partial charge is 0.311 e. The number of hydrogen-bond acceptors (Lipinski definition) is 4. The Hall–Kier alpha value is -1.37. The van der Waals surface area contributed by atoms with Crippen LogP contribution in [-0.4, -0.2) is 35.6 Å². The molecule has 1 aliphatic heterocycles. The minimum Gasteiger partial charge on any atom is -0.311 e. The quantitative estimate of drug-likeness (QED) is 0.914. The molecular formula is C15H21N3O3S. The van der Waals surface area contributed by atoms with Crippen LogP contribution in [0.2, 0.25) is 0 Å². The van der Waals surface area contributed by atoms with Crippen LogP contribution in [0.4, 0.5) is 5.82 Å². The van der Waals surface area contributed by atoms with Gasteiger partial charge in [-0.25, -0.2) is 13.1 Å². The normalized spacial score (nSPS) is 32.9. The van der Waals surface area contributed by atoms with Crippen molar-refractivity contribution in [2.45, 2.75) is 44.6 Å². The third-order valence-electron chi connectivity index (χ3n) is 5.00. The highest BCUT2D eigenvalue weighted by Crippen LogP contribution is 2.42. The smallest absolute Gasteiger partial charge is 0.228 e. The summed E-state index contributed by atoms with van der Waals surface area (Å²) in [5.74, 6) is 2.08. The van der Waals surface area contributed by atoms with Crippen LogP contribution in [0.25, 0.3) is 0 Å². The maximum Gasteiger partial charge on any atom is 0.228 e. The van der Waals surface area contributed by atoms with Gasteiger partial charge in [-0.1, -0.05) is 6.92 Å². The maximum atomic E-state index is 12.2. The number of carbonyl (C=O) groups is 1. The molecule has 0 aromatic carbocycles. The van der Waals surface area contributed by atoms with Gasteiger partial charge in [0.15, 0.2) is 9.84 Å². The molecule has 1 aromatic rings.